The van der Waals surface area contributed by atoms with Gasteiger partial charge in [-0.25, -0.2) is 4.39 Å². The second-order valence-electron chi connectivity index (χ2n) is 3.48. The van der Waals surface area contributed by atoms with Gasteiger partial charge >= 0.3 is 0 Å². The molecule has 17 heavy (non-hydrogen) atoms. The van der Waals surface area contributed by atoms with Crippen LogP contribution < -0.4 is 5.73 Å². The summed E-state index contributed by atoms with van der Waals surface area (Å²) in [6, 6.07) is 4.39. The number of nitrogens with two attached hydrogens (primary N) is 1. The first-order chi connectivity index (χ1) is 8.11. The molecule has 2 rings (SSSR count). The zero-order valence-electron chi connectivity index (χ0n) is 9.04. The lowest BCUT2D eigenvalue weighted by atomic mass is 10.1. The minimum atomic E-state index is -0.451. The number of benzene rings is 1. The maximum Gasteiger partial charge on any atom is 0.172 e. The number of nitrogens with zero attached hydrogens (tertiary/aromatic N) is 1. The fourth-order valence-electron chi connectivity index (χ4n) is 1.50. The molecule has 0 atom stereocenters. The van der Waals surface area contributed by atoms with E-state index in [2.05, 4.69) is 5.16 Å². The number of hydrogen-bond donors (Lipinski definition) is 1. The molecule has 0 aliphatic rings. The van der Waals surface area contributed by atoms with Gasteiger partial charge in [-0.3, -0.25) is 0 Å². The largest absolute Gasteiger partial charge is 0.381 e. The van der Waals surface area contributed by atoms with Gasteiger partial charge in [0.2, 0.25) is 0 Å². The number of aromatic nitrogens is 1. The van der Waals surface area contributed by atoms with E-state index in [4.69, 9.17) is 26.6 Å². The van der Waals surface area contributed by atoms with E-state index < -0.39 is 5.82 Å². The zero-order chi connectivity index (χ0) is 12.4. The first-order valence-electron chi connectivity index (χ1n) is 4.81. The average Bonchev–Trinajstić information content (AvgIpc) is 2.70. The number of halogens is 2. The number of methoxy groups -OCH3 is 1. The van der Waals surface area contributed by atoms with Crippen molar-refractivity contribution in [1.29, 1.82) is 0 Å². The maximum atomic E-state index is 14.1. The lowest BCUT2D eigenvalue weighted by Gasteiger charge is -2.06. The molecule has 1 aromatic heterocycles. The van der Waals surface area contributed by atoms with E-state index in [0.29, 0.717) is 10.6 Å². The van der Waals surface area contributed by atoms with Gasteiger partial charge in [-0.1, -0.05) is 16.8 Å². The quantitative estimate of drug-likeness (QED) is 0.917. The molecule has 0 aliphatic carbocycles. The molecule has 2 N–H and O–H groups in total. The molecule has 0 amide bonds. The monoisotopic (exact) mass is 256 g/mol. The highest BCUT2D eigenvalue weighted by molar-refractivity contribution is 6.30. The minimum Gasteiger partial charge on any atom is -0.381 e. The van der Waals surface area contributed by atoms with E-state index in [1.54, 1.807) is 0 Å². The van der Waals surface area contributed by atoms with E-state index in [1.807, 2.05) is 0 Å². The number of hydrogen-bond acceptors (Lipinski definition) is 4. The average molecular weight is 257 g/mol. The van der Waals surface area contributed by atoms with Gasteiger partial charge < -0.3 is 15.0 Å². The summed E-state index contributed by atoms with van der Waals surface area (Å²) in [5, 5.41) is 3.89. The van der Waals surface area contributed by atoms with Crippen LogP contribution in [0.2, 0.25) is 5.02 Å². The van der Waals surface area contributed by atoms with Crippen molar-refractivity contribution >= 4 is 17.4 Å². The van der Waals surface area contributed by atoms with Crippen molar-refractivity contribution in [2.75, 3.05) is 12.8 Å². The standard InChI is InChI=1S/C11H10ClFN2O2/c1-16-5-6-2-7(12)3-8(11(6)13)9-4-10(14)15-17-9/h2-4H,5H2,1H3,(H2,14,15). The summed E-state index contributed by atoms with van der Waals surface area (Å²) in [5.74, 6) is -0.0279. The first kappa shape index (κ1) is 11.9. The van der Waals surface area contributed by atoms with Crippen molar-refractivity contribution in [3.63, 3.8) is 0 Å². The normalized spacial score (nSPS) is 10.8. The van der Waals surface area contributed by atoms with Gasteiger partial charge in [-0.2, -0.15) is 0 Å². The van der Waals surface area contributed by atoms with Gasteiger partial charge in [0.25, 0.3) is 0 Å². The van der Waals surface area contributed by atoms with Crippen molar-refractivity contribution in [1.82, 2.24) is 5.16 Å². The van der Waals surface area contributed by atoms with E-state index in [1.165, 1.54) is 25.3 Å². The Hall–Kier alpha value is -1.59. The van der Waals surface area contributed by atoms with Crippen molar-refractivity contribution in [2.24, 2.45) is 0 Å². The smallest absolute Gasteiger partial charge is 0.172 e. The van der Waals surface area contributed by atoms with Crippen LogP contribution in [0.3, 0.4) is 0 Å². The van der Waals surface area contributed by atoms with Crippen LogP contribution in [0.25, 0.3) is 11.3 Å². The van der Waals surface area contributed by atoms with Crippen LogP contribution in [0.15, 0.2) is 22.7 Å². The van der Waals surface area contributed by atoms with E-state index in [-0.39, 0.29) is 23.7 Å². The van der Waals surface area contributed by atoms with Crippen molar-refractivity contribution < 1.29 is 13.7 Å². The van der Waals surface area contributed by atoms with Crippen LogP contribution in [-0.2, 0) is 11.3 Å². The second kappa shape index (κ2) is 4.73. The van der Waals surface area contributed by atoms with Crippen LogP contribution in [0.4, 0.5) is 10.2 Å². The van der Waals surface area contributed by atoms with Crippen LogP contribution in [0.1, 0.15) is 5.56 Å². The molecule has 0 aliphatic heterocycles. The number of nitrogen functional groups attached to an aromatic ring is 1. The molecule has 1 heterocycles. The third-order valence-corrected chi connectivity index (χ3v) is 2.42. The van der Waals surface area contributed by atoms with Gasteiger partial charge in [-0.15, -0.1) is 0 Å². The summed E-state index contributed by atoms with van der Waals surface area (Å²) in [6.45, 7) is 0.128. The molecular formula is C11H10ClFN2O2. The Morgan fingerprint density at radius 3 is 2.82 bits per heavy atom. The Morgan fingerprint density at radius 1 is 1.47 bits per heavy atom. The first-order valence-corrected chi connectivity index (χ1v) is 5.19. The highest BCUT2D eigenvalue weighted by atomic mass is 35.5. The van der Waals surface area contributed by atoms with Crippen LogP contribution in [0, 0.1) is 5.82 Å². The van der Waals surface area contributed by atoms with Gasteiger partial charge in [0, 0.05) is 23.8 Å². The van der Waals surface area contributed by atoms with Crippen molar-refractivity contribution in [3.8, 4) is 11.3 Å². The number of ether oxygens (including phenoxy) is 1. The van der Waals surface area contributed by atoms with Crippen molar-refractivity contribution in [3.05, 3.63) is 34.6 Å². The Balaban J connectivity index is 2.53. The third kappa shape index (κ3) is 2.40. The highest BCUT2D eigenvalue weighted by Crippen LogP contribution is 2.30. The summed E-state index contributed by atoms with van der Waals surface area (Å²) in [5.41, 5.74) is 5.98. The molecule has 6 heteroatoms. The number of anilines is 1. The van der Waals surface area contributed by atoms with E-state index in [9.17, 15) is 4.39 Å². The van der Waals surface area contributed by atoms with Gasteiger partial charge in [-0.05, 0) is 12.1 Å². The van der Waals surface area contributed by atoms with Crippen LogP contribution >= 0.6 is 11.6 Å². The molecule has 90 valence electrons. The van der Waals surface area contributed by atoms with Crippen LogP contribution in [-0.4, -0.2) is 12.3 Å². The lowest BCUT2D eigenvalue weighted by molar-refractivity contribution is 0.181. The van der Waals surface area contributed by atoms with Gasteiger partial charge in [0.05, 0.1) is 12.2 Å². The zero-order valence-corrected chi connectivity index (χ0v) is 9.79. The Bertz CT molecular complexity index is 542. The molecular weight excluding hydrogens is 247 g/mol. The number of rotatable bonds is 3. The molecule has 0 saturated carbocycles. The summed E-state index contributed by atoms with van der Waals surface area (Å²) in [4.78, 5) is 0. The summed E-state index contributed by atoms with van der Waals surface area (Å²) in [7, 11) is 1.48. The molecule has 0 unspecified atom stereocenters. The molecule has 1 aromatic carbocycles. The van der Waals surface area contributed by atoms with Gasteiger partial charge in [0.15, 0.2) is 11.6 Å². The molecule has 0 saturated heterocycles. The van der Waals surface area contributed by atoms with Crippen LogP contribution in [0.5, 0.6) is 0 Å². The summed E-state index contributed by atoms with van der Waals surface area (Å²) >= 11 is 5.90. The second-order valence-corrected chi connectivity index (χ2v) is 3.91. The molecule has 2 aromatic rings. The molecule has 0 fully saturated rings. The topological polar surface area (TPSA) is 61.3 Å². The predicted octanol–water partition coefficient (Wildman–Crippen LogP) is 2.86. The van der Waals surface area contributed by atoms with E-state index in [0.717, 1.165) is 0 Å². The maximum absolute atomic E-state index is 14.1. The predicted molar refractivity (Wildman–Crippen MR) is 62.0 cm³/mol. The Morgan fingerprint density at radius 2 is 2.24 bits per heavy atom. The Labute approximate surface area is 102 Å². The molecule has 0 spiro atoms. The summed E-state index contributed by atoms with van der Waals surface area (Å²) in [6.07, 6.45) is 0. The van der Waals surface area contributed by atoms with Crippen molar-refractivity contribution in [2.45, 2.75) is 6.61 Å². The minimum absolute atomic E-state index is 0.128. The highest BCUT2D eigenvalue weighted by Gasteiger charge is 2.15. The van der Waals surface area contributed by atoms with E-state index >= 15 is 0 Å². The molecule has 4 nitrogen and oxygen atoms in total. The fourth-order valence-corrected chi connectivity index (χ4v) is 1.74. The fraction of sp³-hybridized carbons (Fsp3) is 0.182. The van der Waals surface area contributed by atoms with Gasteiger partial charge in [0.1, 0.15) is 5.82 Å². The third-order valence-electron chi connectivity index (χ3n) is 2.21. The lowest BCUT2D eigenvalue weighted by Crippen LogP contribution is -1.95. The SMILES string of the molecule is COCc1cc(Cl)cc(-c2cc(N)no2)c1F. The molecule has 0 bridgehead atoms. The Kier molecular flexibility index (Phi) is 3.31. The summed E-state index contributed by atoms with van der Waals surface area (Å²) < 4.78 is 23.9. The molecule has 0 radical (unpaired) electrons.